The van der Waals surface area contributed by atoms with Crippen molar-refractivity contribution in [3.05, 3.63) is 21.6 Å². The van der Waals surface area contributed by atoms with Crippen LogP contribution in [-0.2, 0) is 0 Å². The Morgan fingerprint density at radius 2 is 2.11 bits per heavy atom. The summed E-state index contributed by atoms with van der Waals surface area (Å²) >= 11 is 6.14. The summed E-state index contributed by atoms with van der Waals surface area (Å²) in [5.41, 5.74) is 0.742. The summed E-state index contributed by atoms with van der Waals surface area (Å²) in [5, 5.41) is 7.70. The SMILES string of the molecule is CC(C)n1ncc(NCC2(C)CCCC2)c(Cl)c1=O. The third kappa shape index (κ3) is 3.11. The van der Waals surface area contributed by atoms with Crippen LogP contribution in [0.15, 0.2) is 11.0 Å². The molecule has 0 atom stereocenters. The van der Waals surface area contributed by atoms with E-state index in [4.69, 9.17) is 11.6 Å². The Kier molecular flexibility index (Phi) is 4.19. The molecule has 0 bridgehead atoms. The van der Waals surface area contributed by atoms with Crippen molar-refractivity contribution in [2.45, 2.75) is 52.5 Å². The number of rotatable bonds is 4. The average molecular weight is 284 g/mol. The van der Waals surface area contributed by atoms with Gasteiger partial charge in [-0.15, -0.1) is 0 Å². The van der Waals surface area contributed by atoms with Crippen molar-refractivity contribution < 1.29 is 0 Å². The van der Waals surface area contributed by atoms with E-state index in [0.29, 0.717) is 11.1 Å². The van der Waals surface area contributed by atoms with Gasteiger partial charge in [0.25, 0.3) is 5.56 Å². The van der Waals surface area contributed by atoms with Gasteiger partial charge in [-0.2, -0.15) is 5.10 Å². The number of hydrogen-bond donors (Lipinski definition) is 1. The van der Waals surface area contributed by atoms with E-state index in [1.807, 2.05) is 13.8 Å². The van der Waals surface area contributed by atoms with E-state index in [0.717, 1.165) is 6.54 Å². The summed E-state index contributed by atoms with van der Waals surface area (Å²) in [4.78, 5) is 12.0. The minimum atomic E-state index is -0.224. The maximum absolute atomic E-state index is 12.0. The van der Waals surface area contributed by atoms with Crippen molar-refractivity contribution in [1.29, 1.82) is 0 Å². The van der Waals surface area contributed by atoms with E-state index in [-0.39, 0.29) is 16.6 Å². The Morgan fingerprint density at radius 1 is 1.47 bits per heavy atom. The highest BCUT2D eigenvalue weighted by Crippen LogP contribution is 2.37. The molecule has 1 fully saturated rings. The lowest BCUT2D eigenvalue weighted by molar-refractivity contribution is 0.362. The van der Waals surface area contributed by atoms with Gasteiger partial charge in [0.1, 0.15) is 5.02 Å². The van der Waals surface area contributed by atoms with E-state index in [1.54, 1.807) is 6.20 Å². The third-order valence-electron chi connectivity index (χ3n) is 3.95. The summed E-state index contributed by atoms with van der Waals surface area (Å²) in [6, 6.07) is 0.0198. The second-order valence-electron chi connectivity index (χ2n) is 6.09. The molecule has 5 heteroatoms. The zero-order chi connectivity index (χ0) is 14.0. The number of halogens is 1. The van der Waals surface area contributed by atoms with E-state index >= 15 is 0 Å². The molecule has 1 aromatic rings. The van der Waals surface area contributed by atoms with Crippen LogP contribution < -0.4 is 10.9 Å². The fourth-order valence-corrected chi connectivity index (χ4v) is 2.85. The molecule has 1 aliphatic rings. The van der Waals surface area contributed by atoms with Crippen LogP contribution in [0.4, 0.5) is 5.69 Å². The van der Waals surface area contributed by atoms with Crippen LogP contribution in [0.25, 0.3) is 0 Å². The van der Waals surface area contributed by atoms with Gasteiger partial charge in [0.05, 0.1) is 17.9 Å². The first kappa shape index (κ1) is 14.4. The van der Waals surface area contributed by atoms with Crippen molar-refractivity contribution >= 4 is 17.3 Å². The quantitative estimate of drug-likeness (QED) is 0.920. The normalized spacial score (nSPS) is 17.9. The average Bonchev–Trinajstić information content (AvgIpc) is 2.78. The smallest absolute Gasteiger partial charge is 0.287 e. The second-order valence-corrected chi connectivity index (χ2v) is 6.46. The fourth-order valence-electron chi connectivity index (χ4n) is 2.65. The number of nitrogens with one attached hydrogen (secondary N) is 1. The third-order valence-corrected chi connectivity index (χ3v) is 4.31. The molecule has 1 heterocycles. The minimum Gasteiger partial charge on any atom is -0.382 e. The Balaban J connectivity index is 2.13. The molecule has 0 aliphatic heterocycles. The highest BCUT2D eigenvalue weighted by molar-refractivity contribution is 6.32. The molecule has 19 heavy (non-hydrogen) atoms. The first-order valence-electron chi connectivity index (χ1n) is 6.94. The van der Waals surface area contributed by atoms with Crippen LogP contribution in [-0.4, -0.2) is 16.3 Å². The highest BCUT2D eigenvalue weighted by Gasteiger charge is 2.28. The Morgan fingerprint density at radius 3 is 2.68 bits per heavy atom. The van der Waals surface area contributed by atoms with Crippen molar-refractivity contribution in [2.75, 3.05) is 11.9 Å². The molecule has 0 spiro atoms. The number of aromatic nitrogens is 2. The molecule has 0 amide bonds. The van der Waals surface area contributed by atoms with Gasteiger partial charge in [0.2, 0.25) is 0 Å². The summed E-state index contributed by atoms with van der Waals surface area (Å²) in [5.74, 6) is 0. The summed E-state index contributed by atoms with van der Waals surface area (Å²) in [6.07, 6.45) is 6.70. The van der Waals surface area contributed by atoms with Crippen LogP contribution >= 0.6 is 11.6 Å². The maximum atomic E-state index is 12.0. The summed E-state index contributed by atoms with van der Waals surface area (Å²) in [6.45, 7) is 6.96. The van der Waals surface area contributed by atoms with Gasteiger partial charge < -0.3 is 5.32 Å². The van der Waals surface area contributed by atoms with E-state index in [2.05, 4.69) is 17.3 Å². The molecule has 1 aliphatic carbocycles. The van der Waals surface area contributed by atoms with Crippen molar-refractivity contribution in [3.8, 4) is 0 Å². The summed E-state index contributed by atoms with van der Waals surface area (Å²) < 4.78 is 1.41. The molecular formula is C14H22ClN3O. The van der Waals surface area contributed by atoms with Gasteiger partial charge in [-0.1, -0.05) is 31.4 Å². The van der Waals surface area contributed by atoms with Crippen molar-refractivity contribution in [1.82, 2.24) is 9.78 Å². The van der Waals surface area contributed by atoms with Gasteiger partial charge in [-0.25, -0.2) is 4.68 Å². The zero-order valence-corrected chi connectivity index (χ0v) is 12.6. The van der Waals surface area contributed by atoms with Crippen LogP contribution in [0.2, 0.25) is 5.02 Å². The van der Waals surface area contributed by atoms with E-state index < -0.39 is 0 Å². The number of anilines is 1. The van der Waals surface area contributed by atoms with Crippen LogP contribution in [0.1, 0.15) is 52.5 Å². The Bertz CT molecular complexity index is 504. The van der Waals surface area contributed by atoms with Crippen LogP contribution in [0.3, 0.4) is 0 Å². The first-order valence-corrected chi connectivity index (χ1v) is 7.32. The van der Waals surface area contributed by atoms with Gasteiger partial charge in [-0.05, 0) is 32.1 Å². The molecular weight excluding hydrogens is 262 g/mol. The molecule has 1 saturated carbocycles. The van der Waals surface area contributed by atoms with E-state index in [1.165, 1.54) is 30.4 Å². The van der Waals surface area contributed by atoms with E-state index in [9.17, 15) is 4.79 Å². The molecule has 4 nitrogen and oxygen atoms in total. The molecule has 2 rings (SSSR count). The first-order chi connectivity index (χ1) is 8.93. The molecule has 106 valence electrons. The highest BCUT2D eigenvalue weighted by atomic mass is 35.5. The molecule has 1 N–H and O–H groups in total. The van der Waals surface area contributed by atoms with Crippen LogP contribution in [0, 0.1) is 5.41 Å². The Hall–Kier alpha value is -1.03. The van der Waals surface area contributed by atoms with Gasteiger partial charge in [0.15, 0.2) is 0 Å². The maximum Gasteiger partial charge on any atom is 0.287 e. The Labute approximate surface area is 119 Å². The molecule has 0 saturated heterocycles. The predicted molar refractivity (Wildman–Crippen MR) is 79.0 cm³/mol. The summed E-state index contributed by atoms with van der Waals surface area (Å²) in [7, 11) is 0. The fraction of sp³-hybridized carbons (Fsp3) is 0.714. The lowest BCUT2D eigenvalue weighted by Gasteiger charge is -2.24. The monoisotopic (exact) mass is 283 g/mol. The number of hydrogen-bond acceptors (Lipinski definition) is 3. The standard InChI is InChI=1S/C14H22ClN3O/c1-10(2)18-13(19)12(15)11(8-17-18)16-9-14(3)6-4-5-7-14/h8,10,16H,4-7,9H2,1-3H3. The van der Waals surface area contributed by atoms with Crippen LogP contribution in [0.5, 0.6) is 0 Å². The minimum absolute atomic E-state index is 0.0198. The lowest BCUT2D eigenvalue weighted by Crippen LogP contribution is -2.28. The molecule has 1 aromatic heterocycles. The topological polar surface area (TPSA) is 46.9 Å². The van der Waals surface area contributed by atoms with Crippen molar-refractivity contribution in [2.24, 2.45) is 5.41 Å². The molecule has 0 aromatic carbocycles. The number of nitrogens with zero attached hydrogens (tertiary/aromatic N) is 2. The van der Waals surface area contributed by atoms with Gasteiger partial charge in [0, 0.05) is 6.54 Å². The molecule has 0 radical (unpaired) electrons. The second kappa shape index (κ2) is 5.53. The van der Waals surface area contributed by atoms with Crippen molar-refractivity contribution in [3.63, 3.8) is 0 Å². The predicted octanol–water partition coefficient (Wildman–Crippen LogP) is 3.47. The van der Waals surface area contributed by atoms with Gasteiger partial charge in [-0.3, -0.25) is 4.79 Å². The molecule has 0 unspecified atom stereocenters. The largest absolute Gasteiger partial charge is 0.382 e. The lowest BCUT2D eigenvalue weighted by atomic mass is 9.89. The van der Waals surface area contributed by atoms with Gasteiger partial charge >= 0.3 is 0 Å². The zero-order valence-electron chi connectivity index (χ0n) is 11.9.